The molecule has 0 aliphatic carbocycles. The lowest BCUT2D eigenvalue weighted by Crippen LogP contribution is -2.32. The van der Waals surface area contributed by atoms with E-state index in [1.165, 1.54) is 16.9 Å². The largest absolute Gasteiger partial charge is 0.497 e. The number of carbonyl (C=O) groups excluding carboxylic acids is 1. The number of amides is 1. The number of benzene rings is 2. The van der Waals surface area contributed by atoms with E-state index in [4.69, 9.17) is 4.74 Å². The highest BCUT2D eigenvalue weighted by Crippen LogP contribution is 2.29. The lowest BCUT2D eigenvalue weighted by atomic mass is 10.1. The van der Waals surface area contributed by atoms with Crippen molar-refractivity contribution in [1.29, 1.82) is 0 Å². The Balaban J connectivity index is 1.81. The van der Waals surface area contributed by atoms with Gasteiger partial charge in [-0.1, -0.05) is 54.2 Å². The summed E-state index contributed by atoms with van der Waals surface area (Å²) in [7, 11) is 1.62. The predicted molar refractivity (Wildman–Crippen MR) is 109 cm³/mol. The molecule has 3 rings (SSSR count). The third kappa shape index (κ3) is 4.71. The first-order chi connectivity index (χ1) is 13.1. The molecule has 5 nitrogen and oxygen atoms in total. The predicted octanol–water partition coefficient (Wildman–Crippen LogP) is 4.51. The number of aryl methyl sites for hydroxylation is 1. The molecular weight excluding hydrogens is 358 g/mol. The standard InChI is InChI=1S/C21H23N3O2S/c1-4-11-24(19(25)14-16-8-6-10-18(13-16)26-3)21-23-22-20(27-21)17-9-5-7-15(2)12-17/h5-10,12-13H,4,11,14H2,1-3H3. The zero-order valence-corrected chi connectivity index (χ0v) is 16.6. The summed E-state index contributed by atoms with van der Waals surface area (Å²) < 4.78 is 5.25. The molecule has 0 fully saturated rings. The van der Waals surface area contributed by atoms with Crippen LogP contribution < -0.4 is 9.64 Å². The average Bonchev–Trinajstić information content (AvgIpc) is 3.16. The number of methoxy groups -OCH3 is 1. The summed E-state index contributed by atoms with van der Waals surface area (Å²) in [6, 6.07) is 15.7. The van der Waals surface area contributed by atoms with Crippen molar-refractivity contribution in [2.45, 2.75) is 26.7 Å². The van der Waals surface area contributed by atoms with E-state index in [1.54, 1.807) is 12.0 Å². The van der Waals surface area contributed by atoms with Crippen LogP contribution in [0, 0.1) is 6.92 Å². The Morgan fingerprint density at radius 1 is 1.15 bits per heavy atom. The van der Waals surface area contributed by atoms with Gasteiger partial charge in [-0.05, 0) is 37.1 Å². The highest BCUT2D eigenvalue weighted by molar-refractivity contribution is 7.18. The fourth-order valence-electron chi connectivity index (χ4n) is 2.82. The summed E-state index contributed by atoms with van der Waals surface area (Å²) in [5.74, 6) is 0.761. The molecule has 6 heteroatoms. The van der Waals surface area contributed by atoms with Gasteiger partial charge >= 0.3 is 0 Å². The van der Waals surface area contributed by atoms with Crippen molar-refractivity contribution in [2.24, 2.45) is 0 Å². The fraction of sp³-hybridized carbons (Fsp3) is 0.286. The van der Waals surface area contributed by atoms with E-state index in [9.17, 15) is 4.79 Å². The number of aromatic nitrogens is 2. The zero-order chi connectivity index (χ0) is 19.2. The second-order valence-electron chi connectivity index (χ2n) is 6.33. The Morgan fingerprint density at radius 3 is 2.70 bits per heavy atom. The molecule has 0 spiro atoms. The molecule has 2 aromatic carbocycles. The summed E-state index contributed by atoms with van der Waals surface area (Å²) in [4.78, 5) is 14.7. The van der Waals surface area contributed by atoms with Gasteiger partial charge in [-0.2, -0.15) is 0 Å². The van der Waals surface area contributed by atoms with E-state index in [1.807, 2.05) is 56.3 Å². The first kappa shape index (κ1) is 19.0. The van der Waals surface area contributed by atoms with Crippen molar-refractivity contribution in [2.75, 3.05) is 18.6 Å². The van der Waals surface area contributed by atoms with Gasteiger partial charge in [0.15, 0.2) is 0 Å². The molecule has 1 amide bonds. The van der Waals surface area contributed by atoms with Crippen molar-refractivity contribution in [1.82, 2.24) is 10.2 Å². The van der Waals surface area contributed by atoms with E-state index < -0.39 is 0 Å². The molecule has 1 aromatic heterocycles. The van der Waals surface area contributed by atoms with Crippen LogP contribution in [0.3, 0.4) is 0 Å². The highest BCUT2D eigenvalue weighted by atomic mass is 32.1. The van der Waals surface area contributed by atoms with Gasteiger partial charge in [0.1, 0.15) is 10.8 Å². The molecule has 140 valence electrons. The maximum absolute atomic E-state index is 12.9. The molecule has 0 unspecified atom stereocenters. The summed E-state index contributed by atoms with van der Waals surface area (Å²) >= 11 is 1.45. The Labute approximate surface area is 163 Å². The van der Waals surface area contributed by atoms with Crippen molar-refractivity contribution >= 4 is 22.4 Å². The van der Waals surface area contributed by atoms with Crippen LogP contribution in [0.4, 0.5) is 5.13 Å². The van der Waals surface area contributed by atoms with Crippen LogP contribution in [0.25, 0.3) is 10.6 Å². The molecule has 0 atom stereocenters. The molecule has 0 bridgehead atoms. The smallest absolute Gasteiger partial charge is 0.233 e. The van der Waals surface area contributed by atoms with Crippen LogP contribution in [0.2, 0.25) is 0 Å². The van der Waals surface area contributed by atoms with E-state index in [2.05, 4.69) is 16.3 Å². The van der Waals surface area contributed by atoms with Gasteiger partial charge in [-0.15, -0.1) is 10.2 Å². The Hall–Kier alpha value is -2.73. The molecule has 0 aliphatic rings. The van der Waals surface area contributed by atoms with E-state index in [0.717, 1.165) is 28.3 Å². The van der Waals surface area contributed by atoms with E-state index in [-0.39, 0.29) is 5.91 Å². The number of rotatable bonds is 7. The number of carbonyl (C=O) groups is 1. The monoisotopic (exact) mass is 381 g/mol. The van der Waals surface area contributed by atoms with Gasteiger partial charge in [-0.3, -0.25) is 9.69 Å². The van der Waals surface area contributed by atoms with Gasteiger partial charge in [0, 0.05) is 12.1 Å². The van der Waals surface area contributed by atoms with Gasteiger partial charge in [-0.25, -0.2) is 0 Å². The molecule has 0 saturated carbocycles. The van der Waals surface area contributed by atoms with E-state index >= 15 is 0 Å². The first-order valence-electron chi connectivity index (χ1n) is 8.94. The quantitative estimate of drug-likeness (QED) is 0.604. The third-order valence-electron chi connectivity index (χ3n) is 4.15. The topological polar surface area (TPSA) is 55.3 Å². The molecule has 3 aromatic rings. The molecule has 0 saturated heterocycles. The Morgan fingerprint density at radius 2 is 1.96 bits per heavy atom. The second kappa shape index (κ2) is 8.77. The Bertz CT molecular complexity index is 923. The van der Waals surface area contributed by atoms with Crippen LogP contribution in [-0.4, -0.2) is 29.8 Å². The maximum atomic E-state index is 12.9. The zero-order valence-electron chi connectivity index (χ0n) is 15.8. The SMILES string of the molecule is CCCN(C(=O)Cc1cccc(OC)c1)c1nnc(-c2cccc(C)c2)s1. The summed E-state index contributed by atoms with van der Waals surface area (Å²) in [6.07, 6.45) is 1.15. The maximum Gasteiger partial charge on any atom is 0.233 e. The van der Waals surface area contributed by atoms with Gasteiger partial charge in [0.05, 0.1) is 13.5 Å². The van der Waals surface area contributed by atoms with Crippen LogP contribution in [0.15, 0.2) is 48.5 Å². The molecule has 0 radical (unpaired) electrons. The molecular formula is C21H23N3O2S. The highest BCUT2D eigenvalue weighted by Gasteiger charge is 2.20. The molecule has 0 aliphatic heterocycles. The fourth-order valence-corrected chi connectivity index (χ4v) is 3.71. The number of nitrogens with zero attached hydrogens (tertiary/aromatic N) is 3. The minimum absolute atomic E-state index is 0.0112. The van der Waals surface area contributed by atoms with E-state index in [0.29, 0.717) is 18.1 Å². The summed E-state index contributed by atoms with van der Waals surface area (Å²) in [5, 5.41) is 10.1. The van der Waals surface area contributed by atoms with Crippen molar-refractivity contribution < 1.29 is 9.53 Å². The second-order valence-corrected chi connectivity index (χ2v) is 7.29. The minimum atomic E-state index is 0.0112. The summed E-state index contributed by atoms with van der Waals surface area (Å²) in [6.45, 7) is 4.71. The first-order valence-corrected chi connectivity index (χ1v) is 9.76. The third-order valence-corrected chi connectivity index (χ3v) is 5.14. The number of ether oxygens (including phenoxy) is 1. The van der Waals surface area contributed by atoms with Crippen LogP contribution in [0.1, 0.15) is 24.5 Å². The lowest BCUT2D eigenvalue weighted by Gasteiger charge is -2.18. The lowest BCUT2D eigenvalue weighted by molar-refractivity contribution is -0.118. The molecule has 27 heavy (non-hydrogen) atoms. The van der Waals surface area contributed by atoms with Crippen molar-refractivity contribution in [3.8, 4) is 16.3 Å². The van der Waals surface area contributed by atoms with Crippen LogP contribution in [-0.2, 0) is 11.2 Å². The number of hydrogen-bond donors (Lipinski definition) is 0. The van der Waals surface area contributed by atoms with Gasteiger partial charge < -0.3 is 4.74 Å². The normalized spacial score (nSPS) is 10.6. The van der Waals surface area contributed by atoms with Crippen LogP contribution in [0.5, 0.6) is 5.75 Å². The van der Waals surface area contributed by atoms with Crippen molar-refractivity contribution in [3.63, 3.8) is 0 Å². The van der Waals surface area contributed by atoms with Crippen LogP contribution >= 0.6 is 11.3 Å². The average molecular weight is 382 g/mol. The summed E-state index contributed by atoms with van der Waals surface area (Å²) in [5.41, 5.74) is 3.11. The van der Waals surface area contributed by atoms with Gasteiger partial charge in [0.25, 0.3) is 0 Å². The molecule has 1 heterocycles. The minimum Gasteiger partial charge on any atom is -0.497 e. The Kier molecular flexibility index (Phi) is 6.19. The van der Waals surface area contributed by atoms with Gasteiger partial charge in [0.2, 0.25) is 11.0 Å². The van der Waals surface area contributed by atoms with Crippen molar-refractivity contribution in [3.05, 3.63) is 59.7 Å². The molecule has 0 N–H and O–H groups in total. The number of hydrogen-bond acceptors (Lipinski definition) is 5. The number of anilines is 1.